The number of halogens is 3. The van der Waals surface area contributed by atoms with Gasteiger partial charge >= 0.3 is 6.18 Å². The van der Waals surface area contributed by atoms with Gasteiger partial charge in [-0.25, -0.2) is 0 Å². The van der Waals surface area contributed by atoms with Crippen molar-refractivity contribution in [3.8, 4) is 39.1 Å². The Morgan fingerprint density at radius 2 is 0.907 bits per heavy atom. The summed E-state index contributed by atoms with van der Waals surface area (Å²) in [6.07, 6.45) is -4.40. The van der Waals surface area contributed by atoms with E-state index in [-0.39, 0.29) is 0 Å². The lowest BCUT2D eigenvalue weighted by Gasteiger charge is -2.18. The van der Waals surface area contributed by atoms with Gasteiger partial charge < -0.3 is 4.57 Å². The van der Waals surface area contributed by atoms with Gasteiger partial charge in [-0.05, 0) is 122 Å². The molecule has 0 fully saturated rings. The highest BCUT2D eigenvalue weighted by Crippen LogP contribution is 2.47. The molecule has 10 aromatic rings. The van der Waals surface area contributed by atoms with Gasteiger partial charge in [-0.15, -0.1) is 0 Å². The zero-order valence-corrected chi connectivity index (χ0v) is 29.3. The van der Waals surface area contributed by atoms with Crippen LogP contribution in [0.1, 0.15) is 11.1 Å². The zero-order valence-electron chi connectivity index (χ0n) is 29.3. The Kier molecular flexibility index (Phi) is 7.24. The molecule has 1 aromatic heterocycles. The highest BCUT2D eigenvalue weighted by atomic mass is 19.4. The Morgan fingerprint density at radius 3 is 1.56 bits per heavy atom. The highest BCUT2D eigenvalue weighted by Gasteiger charge is 2.30. The molecule has 10 rings (SSSR count). The number of fused-ring (bicyclic) bond motifs is 10. The molecule has 0 aliphatic carbocycles. The summed E-state index contributed by atoms with van der Waals surface area (Å²) in [6, 6.07) is 59.2. The minimum Gasteiger partial charge on any atom is -0.309 e. The van der Waals surface area contributed by atoms with E-state index in [2.05, 4.69) is 163 Å². The van der Waals surface area contributed by atoms with Crippen LogP contribution < -0.4 is 0 Å². The summed E-state index contributed by atoms with van der Waals surface area (Å²) in [7, 11) is 0. The first-order chi connectivity index (χ1) is 26.3. The quantitative estimate of drug-likeness (QED) is 0.161. The van der Waals surface area contributed by atoms with Crippen molar-refractivity contribution < 1.29 is 13.2 Å². The third-order valence-electron chi connectivity index (χ3n) is 10.8. The van der Waals surface area contributed by atoms with Crippen molar-refractivity contribution in [3.63, 3.8) is 0 Å². The van der Waals surface area contributed by atoms with Crippen molar-refractivity contribution >= 4 is 54.1 Å². The van der Waals surface area contributed by atoms with E-state index >= 15 is 0 Å². The van der Waals surface area contributed by atoms with Crippen molar-refractivity contribution in [2.75, 3.05) is 0 Å². The van der Waals surface area contributed by atoms with Gasteiger partial charge in [0.25, 0.3) is 0 Å². The predicted octanol–water partition coefficient (Wildman–Crippen LogP) is 14.6. The van der Waals surface area contributed by atoms with Crippen LogP contribution in [0.15, 0.2) is 176 Å². The maximum atomic E-state index is 13.6. The van der Waals surface area contributed by atoms with E-state index in [0.717, 1.165) is 71.8 Å². The lowest BCUT2D eigenvalue weighted by atomic mass is 9.87. The van der Waals surface area contributed by atoms with E-state index in [1.165, 1.54) is 39.1 Å². The molecular formula is C50H32F3N. The number of aromatic nitrogens is 1. The first-order valence-electron chi connectivity index (χ1n) is 18.1. The van der Waals surface area contributed by atoms with E-state index < -0.39 is 11.7 Å². The fourth-order valence-electron chi connectivity index (χ4n) is 8.33. The number of para-hydroxylation sites is 2. The molecule has 0 aliphatic rings. The van der Waals surface area contributed by atoms with Gasteiger partial charge in [0.15, 0.2) is 0 Å². The number of aryl methyl sites for hydroxylation is 1. The summed E-state index contributed by atoms with van der Waals surface area (Å²) in [5.74, 6) is 0. The summed E-state index contributed by atoms with van der Waals surface area (Å²) < 4.78 is 43.2. The summed E-state index contributed by atoms with van der Waals surface area (Å²) in [6.45, 7) is 2.06. The standard InChI is InChI=1S/C50H32F3N/c1-31-19-21-32(22-20-31)34-27-35(33-23-25-37(26-24-33)50(51,52)53)29-36(28-34)44-30-45-40-14-6-8-16-42(40)47-43-17-9-10-18-46(43)54(38-11-3-2-4-12-38)49(47)48(45)41-15-7-5-13-39(41)44/h2-30H,1H3. The Balaban J connectivity index is 1.34. The molecular weight excluding hydrogens is 672 g/mol. The van der Waals surface area contributed by atoms with Gasteiger partial charge in [-0.3, -0.25) is 0 Å². The van der Waals surface area contributed by atoms with E-state index in [0.29, 0.717) is 0 Å². The van der Waals surface area contributed by atoms with Gasteiger partial charge in [0.2, 0.25) is 0 Å². The van der Waals surface area contributed by atoms with Crippen molar-refractivity contribution in [2.24, 2.45) is 0 Å². The third kappa shape index (κ3) is 5.09. The molecule has 0 unspecified atom stereocenters. The molecule has 4 heteroatoms. The van der Waals surface area contributed by atoms with Crippen LogP contribution in [0, 0.1) is 6.92 Å². The molecule has 0 N–H and O–H groups in total. The molecule has 0 amide bonds. The van der Waals surface area contributed by atoms with Crippen molar-refractivity contribution in [3.05, 3.63) is 187 Å². The van der Waals surface area contributed by atoms with E-state index in [4.69, 9.17) is 0 Å². The second kappa shape index (κ2) is 12.2. The second-order valence-corrected chi connectivity index (χ2v) is 14.1. The minimum absolute atomic E-state index is 0.659. The highest BCUT2D eigenvalue weighted by molar-refractivity contribution is 6.37. The molecule has 0 saturated carbocycles. The van der Waals surface area contributed by atoms with Crippen molar-refractivity contribution in [2.45, 2.75) is 13.1 Å². The largest absolute Gasteiger partial charge is 0.416 e. The topological polar surface area (TPSA) is 4.93 Å². The van der Waals surface area contributed by atoms with E-state index in [9.17, 15) is 13.2 Å². The molecule has 0 atom stereocenters. The maximum absolute atomic E-state index is 13.6. The van der Waals surface area contributed by atoms with Crippen LogP contribution in [0.5, 0.6) is 0 Å². The molecule has 1 nitrogen and oxygen atoms in total. The van der Waals surface area contributed by atoms with Gasteiger partial charge in [-0.2, -0.15) is 13.2 Å². The molecule has 258 valence electrons. The van der Waals surface area contributed by atoms with Crippen LogP contribution in [0.2, 0.25) is 0 Å². The number of hydrogen-bond donors (Lipinski definition) is 0. The molecule has 1 heterocycles. The second-order valence-electron chi connectivity index (χ2n) is 14.1. The summed E-state index contributed by atoms with van der Waals surface area (Å²) >= 11 is 0. The SMILES string of the molecule is Cc1ccc(-c2cc(-c3ccc(C(F)(F)F)cc3)cc(-c3cc4c5ccccc5c5c6ccccc6n(-c6ccccc6)c5c4c4ccccc34)c2)cc1. The fraction of sp³-hybridized carbons (Fsp3) is 0.0400. The molecule has 0 bridgehead atoms. The fourth-order valence-corrected chi connectivity index (χ4v) is 8.33. The average molecular weight is 704 g/mol. The maximum Gasteiger partial charge on any atom is 0.416 e. The van der Waals surface area contributed by atoms with Gasteiger partial charge in [0.05, 0.1) is 16.6 Å². The monoisotopic (exact) mass is 703 g/mol. The zero-order chi connectivity index (χ0) is 36.6. The van der Waals surface area contributed by atoms with Gasteiger partial charge in [0, 0.05) is 21.8 Å². The Bertz CT molecular complexity index is 3060. The Labute approximate surface area is 310 Å². The van der Waals surface area contributed by atoms with Gasteiger partial charge in [-0.1, -0.05) is 127 Å². The first-order valence-corrected chi connectivity index (χ1v) is 18.1. The molecule has 9 aromatic carbocycles. The summed E-state index contributed by atoms with van der Waals surface area (Å²) in [5, 5.41) is 9.34. The predicted molar refractivity (Wildman–Crippen MR) is 219 cm³/mol. The van der Waals surface area contributed by atoms with Crippen LogP contribution >= 0.6 is 0 Å². The molecule has 54 heavy (non-hydrogen) atoms. The lowest BCUT2D eigenvalue weighted by molar-refractivity contribution is -0.137. The average Bonchev–Trinajstić information content (AvgIpc) is 3.56. The third-order valence-corrected chi connectivity index (χ3v) is 10.8. The van der Waals surface area contributed by atoms with Gasteiger partial charge in [0.1, 0.15) is 0 Å². The molecule has 0 saturated heterocycles. The minimum atomic E-state index is -4.40. The Hall–Kier alpha value is -6.65. The van der Waals surface area contributed by atoms with Crippen molar-refractivity contribution in [1.29, 1.82) is 0 Å². The number of hydrogen-bond acceptors (Lipinski definition) is 0. The van der Waals surface area contributed by atoms with Crippen LogP contribution in [-0.4, -0.2) is 4.57 Å². The van der Waals surface area contributed by atoms with Crippen LogP contribution in [0.3, 0.4) is 0 Å². The van der Waals surface area contributed by atoms with E-state index in [1.807, 2.05) is 0 Å². The number of benzene rings is 9. The molecule has 0 radical (unpaired) electrons. The first kappa shape index (κ1) is 32.0. The van der Waals surface area contributed by atoms with Crippen LogP contribution in [-0.2, 0) is 6.18 Å². The normalized spacial score (nSPS) is 12.1. The van der Waals surface area contributed by atoms with Crippen molar-refractivity contribution in [1.82, 2.24) is 4.57 Å². The molecule has 0 spiro atoms. The Morgan fingerprint density at radius 1 is 0.407 bits per heavy atom. The molecule has 0 aliphatic heterocycles. The number of rotatable bonds is 4. The van der Waals surface area contributed by atoms with E-state index in [1.54, 1.807) is 12.1 Å². The smallest absolute Gasteiger partial charge is 0.309 e. The summed E-state index contributed by atoms with van der Waals surface area (Å²) in [4.78, 5) is 0. The summed E-state index contributed by atoms with van der Waals surface area (Å²) in [5.41, 5.74) is 9.58. The van der Waals surface area contributed by atoms with Crippen LogP contribution in [0.4, 0.5) is 13.2 Å². The van der Waals surface area contributed by atoms with Crippen LogP contribution in [0.25, 0.3) is 93.2 Å². The lowest BCUT2D eigenvalue weighted by Crippen LogP contribution is -2.04. The number of alkyl halides is 3. The number of nitrogens with zero attached hydrogens (tertiary/aromatic N) is 1.